The van der Waals surface area contributed by atoms with Gasteiger partial charge in [-0.05, 0) is 51.2 Å². The van der Waals surface area contributed by atoms with Crippen LogP contribution in [0.1, 0.15) is 53.7 Å². The van der Waals surface area contributed by atoms with E-state index in [4.69, 9.17) is 0 Å². The van der Waals surface area contributed by atoms with Crippen LogP contribution in [0.3, 0.4) is 0 Å². The topological polar surface area (TPSA) is 54.9 Å². The van der Waals surface area contributed by atoms with Gasteiger partial charge in [-0.3, -0.25) is 4.79 Å². The van der Waals surface area contributed by atoms with Gasteiger partial charge in [-0.25, -0.2) is 9.97 Å². The maximum atomic E-state index is 12.7. The standard InChI is InChI=1S/C21H22F3N3O/c1-14-18(20(28)25-12-11-15-5-3-2-4-6-15)13-26-19(27-14)16-7-9-17(10-8-16)21(22,23)24/h5,7-10,13H,2-4,6,11-12H2,1H3,(H,25,28). The quantitative estimate of drug-likeness (QED) is 0.725. The van der Waals surface area contributed by atoms with Crippen molar-refractivity contribution in [3.05, 3.63) is 58.9 Å². The van der Waals surface area contributed by atoms with E-state index in [-0.39, 0.29) is 11.7 Å². The van der Waals surface area contributed by atoms with Crippen LogP contribution in [0.4, 0.5) is 13.2 Å². The number of nitrogens with zero attached hydrogens (tertiary/aromatic N) is 2. The number of alkyl halides is 3. The van der Waals surface area contributed by atoms with Crippen molar-refractivity contribution in [3.63, 3.8) is 0 Å². The number of nitrogens with one attached hydrogen (secondary N) is 1. The fraction of sp³-hybridized carbons (Fsp3) is 0.381. The molecule has 0 unspecified atom stereocenters. The Morgan fingerprint density at radius 3 is 2.54 bits per heavy atom. The summed E-state index contributed by atoms with van der Waals surface area (Å²) < 4.78 is 38.0. The molecule has 0 radical (unpaired) electrons. The predicted molar refractivity (Wildman–Crippen MR) is 101 cm³/mol. The Morgan fingerprint density at radius 2 is 1.93 bits per heavy atom. The summed E-state index contributed by atoms with van der Waals surface area (Å²) in [6, 6.07) is 4.65. The van der Waals surface area contributed by atoms with Gasteiger partial charge in [-0.1, -0.05) is 23.8 Å². The van der Waals surface area contributed by atoms with Crippen LogP contribution in [0.15, 0.2) is 42.1 Å². The van der Waals surface area contributed by atoms with Crippen LogP contribution in [-0.4, -0.2) is 22.4 Å². The van der Waals surface area contributed by atoms with Gasteiger partial charge in [-0.15, -0.1) is 0 Å². The summed E-state index contributed by atoms with van der Waals surface area (Å²) >= 11 is 0. The summed E-state index contributed by atoms with van der Waals surface area (Å²) in [5, 5.41) is 2.89. The average molecular weight is 389 g/mol. The van der Waals surface area contributed by atoms with Crippen LogP contribution in [0.25, 0.3) is 11.4 Å². The minimum Gasteiger partial charge on any atom is -0.352 e. The fourth-order valence-electron chi connectivity index (χ4n) is 3.20. The summed E-state index contributed by atoms with van der Waals surface area (Å²) in [5.41, 5.74) is 1.98. The van der Waals surface area contributed by atoms with Gasteiger partial charge in [0.2, 0.25) is 0 Å². The van der Waals surface area contributed by atoms with E-state index < -0.39 is 11.7 Å². The Hall–Kier alpha value is -2.70. The van der Waals surface area contributed by atoms with Crippen molar-refractivity contribution < 1.29 is 18.0 Å². The maximum absolute atomic E-state index is 12.7. The van der Waals surface area contributed by atoms with Crippen molar-refractivity contribution >= 4 is 5.91 Å². The number of allylic oxidation sites excluding steroid dienone is 1. The third-order valence-electron chi connectivity index (χ3n) is 4.81. The molecule has 1 aliphatic rings. The van der Waals surface area contributed by atoms with E-state index in [0.717, 1.165) is 31.4 Å². The highest BCUT2D eigenvalue weighted by atomic mass is 19.4. The molecule has 0 saturated carbocycles. The lowest BCUT2D eigenvalue weighted by Gasteiger charge is -2.13. The Balaban J connectivity index is 1.64. The second-order valence-electron chi connectivity index (χ2n) is 6.88. The number of halogens is 3. The highest BCUT2D eigenvalue weighted by Crippen LogP contribution is 2.30. The van der Waals surface area contributed by atoms with E-state index in [1.807, 2.05) is 0 Å². The van der Waals surface area contributed by atoms with Gasteiger partial charge in [0.1, 0.15) is 0 Å². The maximum Gasteiger partial charge on any atom is 0.416 e. The van der Waals surface area contributed by atoms with Crippen LogP contribution < -0.4 is 5.32 Å². The molecule has 1 aromatic heterocycles. The van der Waals surface area contributed by atoms with E-state index in [1.165, 1.54) is 36.7 Å². The highest BCUT2D eigenvalue weighted by molar-refractivity contribution is 5.95. The van der Waals surface area contributed by atoms with Gasteiger partial charge in [0, 0.05) is 18.3 Å². The number of amides is 1. The third kappa shape index (κ3) is 4.97. The number of carbonyl (C=O) groups is 1. The first-order valence-electron chi connectivity index (χ1n) is 9.32. The number of rotatable bonds is 5. The fourth-order valence-corrected chi connectivity index (χ4v) is 3.20. The lowest BCUT2D eigenvalue weighted by atomic mass is 9.97. The molecule has 0 aliphatic heterocycles. The zero-order valence-electron chi connectivity index (χ0n) is 15.6. The largest absolute Gasteiger partial charge is 0.416 e. The van der Waals surface area contributed by atoms with Crippen LogP contribution in [0.5, 0.6) is 0 Å². The second kappa shape index (κ2) is 8.54. The lowest BCUT2D eigenvalue weighted by Crippen LogP contribution is -2.26. The molecule has 0 atom stereocenters. The molecule has 3 rings (SSSR count). The lowest BCUT2D eigenvalue weighted by molar-refractivity contribution is -0.137. The molecule has 4 nitrogen and oxygen atoms in total. The van der Waals surface area contributed by atoms with Crippen LogP contribution >= 0.6 is 0 Å². The minimum atomic E-state index is -4.38. The SMILES string of the molecule is Cc1nc(-c2ccc(C(F)(F)F)cc2)ncc1C(=O)NCCC1=CCCCC1. The first-order chi connectivity index (χ1) is 13.3. The van der Waals surface area contributed by atoms with Crippen molar-refractivity contribution in [3.8, 4) is 11.4 Å². The zero-order valence-corrected chi connectivity index (χ0v) is 15.6. The molecule has 0 saturated heterocycles. The number of hydrogen-bond acceptors (Lipinski definition) is 3. The highest BCUT2D eigenvalue weighted by Gasteiger charge is 2.30. The average Bonchev–Trinajstić information content (AvgIpc) is 2.68. The Labute approximate surface area is 161 Å². The molecule has 0 bridgehead atoms. The van der Waals surface area contributed by atoms with Gasteiger partial charge >= 0.3 is 6.18 Å². The minimum absolute atomic E-state index is 0.243. The molecule has 1 N–H and O–H groups in total. The molecular formula is C21H22F3N3O. The number of hydrogen-bond donors (Lipinski definition) is 1. The molecule has 7 heteroatoms. The summed E-state index contributed by atoms with van der Waals surface area (Å²) in [7, 11) is 0. The van der Waals surface area contributed by atoms with E-state index in [0.29, 0.717) is 23.4 Å². The van der Waals surface area contributed by atoms with E-state index in [9.17, 15) is 18.0 Å². The van der Waals surface area contributed by atoms with Gasteiger partial charge in [0.05, 0.1) is 16.8 Å². The van der Waals surface area contributed by atoms with Gasteiger partial charge in [0.15, 0.2) is 5.82 Å². The number of benzene rings is 1. The second-order valence-corrected chi connectivity index (χ2v) is 6.88. The van der Waals surface area contributed by atoms with Crippen molar-refractivity contribution in [2.24, 2.45) is 0 Å². The predicted octanol–water partition coefficient (Wildman–Crippen LogP) is 5.09. The van der Waals surface area contributed by atoms with Gasteiger partial charge in [-0.2, -0.15) is 13.2 Å². The zero-order chi connectivity index (χ0) is 20.1. The van der Waals surface area contributed by atoms with Crippen molar-refractivity contribution in [1.82, 2.24) is 15.3 Å². The molecule has 0 fully saturated rings. The Morgan fingerprint density at radius 1 is 1.18 bits per heavy atom. The smallest absolute Gasteiger partial charge is 0.352 e. The number of aryl methyl sites for hydroxylation is 1. The van der Waals surface area contributed by atoms with E-state index in [1.54, 1.807) is 6.92 Å². The third-order valence-corrected chi connectivity index (χ3v) is 4.81. The molecular weight excluding hydrogens is 367 g/mol. The number of aromatic nitrogens is 2. The Bertz CT molecular complexity index is 873. The molecule has 0 spiro atoms. The molecule has 1 amide bonds. The first-order valence-corrected chi connectivity index (χ1v) is 9.32. The monoisotopic (exact) mass is 389 g/mol. The molecule has 28 heavy (non-hydrogen) atoms. The normalized spacial score (nSPS) is 14.5. The van der Waals surface area contributed by atoms with E-state index >= 15 is 0 Å². The summed E-state index contributed by atoms with van der Waals surface area (Å²) in [6.45, 7) is 2.25. The molecule has 1 aliphatic carbocycles. The summed E-state index contributed by atoms with van der Waals surface area (Å²) in [4.78, 5) is 20.8. The van der Waals surface area contributed by atoms with E-state index in [2.05, 4.69) is 21.4 Å². The van der Waals surface area contributed by atoms with Crippen molar-refractivity contribution in [2.45, 2.75) is 45.2 Å². The summed E-state index contributed by atoms with van der Waals surface area (Å²) in [5.74, 6) is 0.0445. The molecule has 2 aromatic rings. The molecule has 1 aromatic carbocycles. The van der Waals surface area contributed by atoms with Gasteiger partial charge in [0.25, 0.3) is 5.91 Å². The van der Waals surface area contributed by atoms with Crippen LogP contribution in [-0.2, 0) is 6.18 Å². The molecule has 1 heterocycles. The molecule has 148 valence electrons. The first kappa shape index (κ1) is 20.0. The van der Waals surface area contributed by atoms with Crippen LogP contribution in [0, 0.1) is 6.92 Å². The number of carbonyl (C=O) groups excluding carboxylic acids is 1. The van der Waals surface area contributed by atoms with Crippen molar-refractivity contribution in [1.29, 1.82) is 0 Å². The summed E-state index contributed by atoms with van der Waals surface area (Å²) in [6.07, 6.45) is 4.78. The van der Waals surface area contributed by atoms with Crippen LogP contribution in [0.2, 0.25) is 0 Å². The Kier molecular flexibility index (Phi) is 6.11. The van der Waals surface area contributed by atoms with Crippen molar-refractivity contribution in [2.75, 3.05) is 6.54 Å². The van der Waals surface area contributed by atoms with Gasteiger partial charge < -0.3 is 5.32 Å².